The number of nitrogens with two attached hydrogens (primary N) is 1. The van der Waals surface area contributed by atoms with Gasteiger partial charge in [0.15, 0.2) is 11.6 Å². The maximum Gasteiger partial charge on any atom is 0.409 e. The van der Waals surface area contributed by atoms with Crippen LogP contribution >= 0.6 is 0 Å². The molecule has 0 aliphatic carbocycles. The Balaban J connectivity index is 0.764. The van der Waals surface area contributed by atoms with Crippen molar-refractivity contribution < 1.29 is 47.6 Å². The van der Waals surface area contributed by atoms with Gasteiger partial charge in [-0.05, 0) is 42.2 Å². The van der Waals surface area contributed by atoms with Crippen LogP contribution in [0.15, 0.2) is 42.6 Å². The molecule has 5 aromatic rings. The Hall–Kier alpha value is -7.38. The van der Waals surface area contributed by atoms with Crippen LogP contribution in [0.1, 0.15) is 67.0 Å². The van der Waals surface area contributed by atoms with Crippen molar-refractivity contribution in [2.24, 2.45) is 0 Å². The molecule has 0 unspecified atom stereocenters. The summed E-state index contributed by atoms with van der Waals surface area (Å²) in [6.45, 7) is 12.6. The highest BCUT2D eigenvalue weighted by molar-refractivity contribution is 5.92. The first kappa shape index (κ1) is 51.0. The number of alkyl halides is 2. The van der Waals surface area contributed by atoms with Crippen LogP contribution in [0.4, 0.5) is 31.4 Å². The monoisotopic (exact) mass is 999 g/mol. The molecule has 0 bridgehead atoms. The minimum Gasteiger partial charge on any atom is -0.508 e. The standard InChI is InChI=1S/C47H59F2N15O8/c1-4-51-43(68)42-58-57-41(33-25-32(29(2)3)35(65)26-36(33)66)64(42)31-7-5-30(6-8-31)28-59-10-12-60(13-11-59)37(67)9-20-70-23-24-72-47(69)63-16-14-61(15-17-63)45-54-40(34-27-52-44(50)53-38(34)39(48)49)55-46(56-45)62-18-21-71-22-19-62/h5-8,25-27,29,39,65-66H,4,9-24,28H2,1-3H3,(H,51,68)(H2,50,52,53). The average Bonchev–Trinajstić information content (AvgIpc) is 3.83. The fraction of sp³-hybridized carbons (Fsp3) is 0.489. The lowest BCUT2D eigenvalue weighted by Crippen LogP contribution is -2.49. The average molecular weight is 1000 g/mol. The third kappa shape index (κ3) is 12.0. The van der Waals surface area contributed by atoms with Crippen molar-refractivity contribution in [3.8, 4) is 40.0 Å². The maximum atomic E-state index is 14.0. The molecule has 3 fully saturated rings. The van der Waals surface area contributed by atoms with E-state index in [0.717, 1.165) is 5.56 Å². The Bertz CT molecular complexity index is 2690. The second-order valence-corrected chi connectivity index (χ2v) is 17.6. The fourth-order valence-electron chi connectivity index (χ4n) is 8.55. The maximum absolute atomic E-state index is 14.0. The van der Waals surface area contributed by atoms with Crippen molar-refractivity contribution in [3.05, 3.63) is 65.2 Å². The highest BCUT2D eigenvalue weighted by atomic mass is 19.3. The number of amides is 3. The van der Waals surface area contributed by atoms with Gasteiger partial charge in [0, 0.05) is 96.5 Å². The van der Waals surface area contributed by atoms with Gasteiger partial charge < -0.3 is 55.1 Å². The highest BCUT2D eigenvalue weighted by Crippen LogP contribution is 2.38. The summed E-state index contributed by atoms with van der Waals surface area (Å²) in [6, 6.07) is 10.6. The minimum atomic E-state index is -2.95. The molecule has 0 atom stereocenters. The number of rotatable bonds is 17. The fourth-order valence-corrected chi connectivity index (χ4v) is 8.55. The number of aromatic hydroxyl groups is 2. The zero-order valence-electron chi connectivity index (χ0n) is 40.4. The first-order chi connectivity index (χ1) is 34.8. The molecule has 5 N–H and O–H groups in total. The van der Waals surface area contributed by atoms with E-state index in [1.165, 1.54) is 12.3 Å². The molecule has 3 saturated heterocycles. The quantitative estimate of drug-likeness (QED) is 0.0974. The summed E-state index contributed by atoms with van der Waals surface area (Å²) in [4.78, 5) is 69.8. The smallest absolute Gasteiger partial charge is 0.409 e. The molecule has 8 rings (SSSR count). The second-order valence-electron chi connectivity index (χ2n) is 17.6. The van der Waals surface area contributed by atoms with Crippen molar-refractivity contribution in [1.82, 2.24) is 59.7 Å². The molecule has 0 spiro atoms. The van der Waals surface area contributed by atoms with E-state index in [4.69, 9.17) is 19.9 Å². The van der Waals surface area contributed by atoms with Crippen LogP contribution in [-0.2, 0) is 25.5 Å². The summed E-state index contributed by atoms with van der Waals surface area (Å²) < 4.78 is 46.2. The van der Waals surface area contributed by atoms with Crippen molar-refractivity contribution in [1.29, 1.82) is 0 Å². The predicted octanol–water partition coefficient (Wildman–Crippen LogP) is 3.23. The van der Waals surface area contributed by atoms with E-state index in [0.29, 0.717) is 101 Å². The van der Waals surface area contributed by atoms with Crippen LogP contribution in [0.5, 0.6) is 11.5 Å². The van der Waals surface area contributed by atoms with E-state index in [-0.39, 0.29) is 97.6 Å². The Morgan fingerprint density at radius 3 is 2.15 bits per heavy atom. The number of morpholine rings is 1. The summed E-state index contributed by atoms with van der Waals surface area (Å²) in [5, 5.41) is 32.6. The van der Waals surface area contributed by atoms with Gasteiger partial charge in [0.1, 0.15) is 23.8 Å². The molecule has 3 aliphatic heterocycles. The van der Waals surface area contributed by atoms with Gasteiger partial charge in [-0.2, -0.15) is 15.0 Å². The van der Waals surface area contributed by atoms with E-state index in [1.54, 1.807) is 22.5 Å². The summed E-state index contributed by atoms with van der Waals surface area (Å²) in [5.41, 5.74) is 7.54. The lowest BCUT2D eigenvalue weighted by atomic mass is 9.98. The van der Waals surface area contributed by atoms with E-state index in [2.05, 4.69) is 45.3 Å². The molecular formula is C47H59F2N15O8. The first-order valence-electron chi connectivity index (χ1n) is 23.9. The number of halogens is 2. The van der Waals surface area contributed by atoms with Crippen molar-refractivity contribution in [2.45, 2.75) is 46.1 Å². The molecule has 3 aromatic heterocycles. The third-order valence-electron chi connectivity index (χ3n) is 12.5. The minimum absolute atomic E-state index is 0.000370. The zero-order chi connectivity index (χ0) is 50.9. The van der Waals surface area contributed by atoms with Gasteiger partial charge in [0.25, 0.3) is 12.3 Å². The lowest BCUT2D eigenvalue weighted by molar-refractivity contribution is -0.134. The number of anilines is 3. The molecule has 23 nitrogen and oxygen atoms in total. The molecule has 3 amide bonds. The molecule has 3 aliphatic rings. The van der Waals surface area contributed by atoms with E-state index in [9.17, 15) is 33.4 Å². The zero-order valence-corrected chi connectivity index (χ0v) is 40.4. The summed E-state index contributed by atoms with van der Waals surface area (Å²) in [6.07, 6.45) is -2.10. The molecule has 6 heterocycles. The number of hydrogen-bond donors (Lipinski definition) is 4. The SMILES string of the molecule is CCNC(=O)c1nnc(-c2cc(C(C)C)c(O)cc2O)n1-c1ccc(CN2CCN(C(=O)CCOCCOC(=O)N3CCN(c4nc(-c5cnc(N)nc5C(F)F)nc(N5CCOCC5)n4)CC3)CC2)cc1. The van der Waals surface area contributed by atoms with Crippen LogP contribution in [0.25, 0.3) is 28.5 Å². The van der Waals surface area contributed by atoms with Gasteiger partial charge in [-0.15, -0.1) is 10.2 Å². The van der Waals surface area contributed by atoms with E-state index < -0.39 is 24.1 Å². The lowest BCUT2D eigenvalue weighted by Gasteiger charge is -2.35. The summed E-state index contributed by atoms with van der Waals surface area (Å²) in [5.74, 6) is -0.188. The van der Waals surface area contributed by atoms with Crippen LogP contribution in [0, 0.1) is 0 Å². The van der Waals surface area contributed by atoms with Crippen molar-refractivity contribution in [2.75, 3.05) is 121 Å². The molecule has 0 saturated carbocycles. The number of carbonyl (C=O) groups is 3. The van der Waals surface area contributed by atoms with Crippen LogP contribution < -0.4 is 20.9 Å². The van der Waals surface area contributed by atoms with Gasteiger partial charge in [0.2, 0.25) is 29.6 Å². The molecule has 72 heavy (non-hydrogen) atoms. The number of carbonyl (C=O) groups excluding carboxylic acids is 3. The number of hydrogen-bond acceptors (Lipinski definition) is 19. The van der Waals surface area contributed by atoms with E-state index in [1.807, 2.05) is 52.8 Å². The summed E-state index contributed by atoms with van der Waals surface area (Å²) in [7, 11) is 0. The Labute approximate surface area is 413 Å². The number of ether oxygens (including phenoxy) is 3. The number of aromatic nitrogens is 8. The number of nitrogens with one attached hydrogen (secondary N) is 1. The Morgan fingerprint density at radius 2 is 1.49 bits per heavy atom. The van der Waals surface area contributed by atoms with Crippen LogP contribution in [-0.4, -0.2) is 188 Å². The van der Waals surface area contributed by atoms with E-state index >= 15 is 0 Å². The number of piperazine rings is 2. The topological polar surface area (TPSA) is 269 Å². The van der Waals surface area contributed by atoms with Gasteiger partial charge >= 0.3 is 6.09 Å². The number of nitrogen functional groups attached to an aromatic ring is 1. The molecule has 2 aromatic carbocycles. The van der Waals surface area contributed by atoms with Gasteiger partial charge in [0.05, 0.1) is 44.0 Å². The van der Waals surface area contributed by atoms with Gasteiger partial charge in [-0.1, -0.05) is 26.0 Å². The van der Waals surface area contributed by atoms with Crippen molar-refractivity contribution >= 4 is 35.8 Å². The predicted molar refractivity (Wildman–Crippen MR) is 258 cm³/mol. The molecule has 25 heteroatoms. The third-order valence-corrected chi connectivity index (χ3v) is 12.5. The first-order valence-corrected chi connectivity index (χ1v) is 23.9. The Kier molecular flexibility index (Phi) is 16.5. The number of nitrogens with zero attached hydrogens (tertiary/aromatic N) is 13. The molecule has 0 radical (unpaired) electrons. The normalized spacial score (nSPS) is 15.7. The van der Waals surface area contributed by atoms with Crippen molar-refractivity contribution in [3.63, 3.8) is 0 Å². The number of phenols is 2. The number of phenolic OH excluding ortho intramolecular Hbond substituents is 2. The van der Waals surface area contributed by atoms with Gasteiger partial charge in [-0.3, -0.25) is 19.1 Å². The molecular weight excluding hydrogens is 941 g/mol. The van der Waals surface area contributed by atoms with Crippen LogP contribution in [0.2, 0.25) is 0 Å². The molecule has 384 valence electrons. The largest absolute Gasteiger partial charge is 0.508 e. The van der Waals surface area contributed by atoms with Crippen LogP contribution in [0.3, 0.4) is 0 Å². The highest BCUT2D eigenvalue weighted by Gasteiger charge is 2.29. The van der Waals surface area contributed by atoms with Gasteiger partial charge in [-0.25, -0.2) is 23.5 Å². The Morgan fingerprint density at radius 1 is 0.806 bits per heavy atom. The number of benzene rings is 2. The summed E-state index contributed by atoms with van der Waals surface area (Å²) >= 11 is 0. The second kappa shape index (κ2) is 23.2.